The van der Waals surface area contributed by atoms with Gasteiger partial charge in [0.05, 0.1) is 21.3 Å². The van der Waals surface area contributed by atoms with Gasteiger partial charge in [0.1, 0.15) is 0 Å². The number of methoxy groups -OCH3 is 3. The molecule has 0 aliphatic heterocycles. The van der Waals surface area contributed by atoms with E-state index in [4.69, 9.17) is 19.9 Å². The summed E-state index contributed by atoms with van der Waals surface area (Å²) in [5.41, 5.74) is 5.90. The number of rotatable bonds is 6. The zero-order valence-corrected chi connectivity index (χ0v) is 11.6. The number of carbonyl (C=O) groups is 1. The Bertz CT molecular complexity index is 423. The van der Waals surface area contributed by atoms with Crippen molar-refractivity contribution < 1.29 is 19.0 Å². The first-order valence-electron chi connectivity index (χ1n) is 5.88. The molecule has 0 fully saturated rings. The molecule has 1 aromatic rings. The maximum atomic E-state index is 12.0. The van der Waals surface area contributed by atoms with Crippen LogP contribution in [0.4, 0.5) is 0 Å². The molecule has 106 valence electrons. The first-order chi connectivity index (χ1) is 9.07. The third-order valence-corrected chi connectivity index (χ3v) is 2.66. The van der Waals surface area contributed by atoms with Gasteiger partial charge in [0, 0.05) is 18.2 Å². The van der Waals surface area contributed by atoms with Crippen LogP contribution in [-0.4, -0.2) is 39.8 Å². The van der Waals surface area contributed by atoms with E-state index in [1.165, 1.54) is 21.3 Å². The van der Waals surface area contributed by atoms with Gasteiger partial charge in [-0.1, -0.05) is 0 Å². The Labute approximate surface area is 112 Å². The molecule has 1 amide bonds. The molecular weight excluding hydrogens is 248 g/mol. The van der Waals surface area contributed by atoms with Gasteiger partial charge in [0.15, 0.2) is 11.5 Å². The van der Waals surface area contributed by atoms with Gasteiger partial charge < -0.3 is 25.3 Å². The van der Waals surface area contributed by atoms with E-state index in [0.717, 1.165) is 0 Å². The summed E-state index contributed by atoms with van der Waals surface area (Å²) in [5, 5.41) is 2.77. The zero-order valence-electron chi connectivity index (χ0n) is 11.6. The predicted molar refractivity (Wildman–Crippen MR) is 72.1 cm³/mol. The van der Waals surface area contributed by atoms with Gasteiger partial charge in [-0.05, 0) is 19.1 Å². The van der Waals surface area contributed by atoms with E-state index in [1.54, 1.807) is 12.1 Å². The molecule has 0 aliphatic rings. The number of ether oxygens (including phenoxy) is 3. The molecule has 0 radical (unpaired) electrons. The number of carbonyl (C=O) groups excluding carboxylic acids is 1. The highest BCUT2D eigenvalue weighted by atomic mass is 16.5. The molecule has 0 aliphatic carbocycles. The van der Waals surface area contributed by atoms with Gasteiger partial charge >= 0.3 is 0 Å². The molecule has 0 aromatic heterocycles. The van der Waals surface area contributed by atoms with Crippen molar-refractivity contribution in [2.24, 2.45) is 5.73 Å². The molecule has 0 unspecified atom stereocenters. The summed E-state index contributed by atoms with van der Waals surface area (Å²) in [6, 6.07) is 3.09. The Morgan fingerprint density at radius 2 is 1.74 bits per heavy atom. The van der Waals surface area contributed by atoms with E-state index in [-0.39, 0.29) is 11.9 Å². The van der Waals surface area contributed by atoms with Crippen LogP contribution in [0.15, 0.2) is 12.1 Å². The summed E-state index contributed by atoms with van der Waals surface area (Å²) in [4.78, 5) is 12.0. The zero-order chi connectivity index (χ0) is 14.4. The molecule has 0 spiro atoms. The normalized spacial score (nSPS) is 11.6. The van der Waals surface area contributed by atoms with Crippen LogP contribution in [0.25, 0.3) is 0 Å². The number of hydrogen-bond donors (Lipinski definition) is 2. The standard InChI is InChI=1S/C13H20N2O4/c1-8(7-14)15-13(16)9-5-10(17-2)12(19-4)11(6-9)18-3/h5-6,8H,7,14H2,1-4H3,(H,15,16)/t8-/m0/s1. The monoisotopic (exact) mass is 268 g/mol. The lowest BCUT2D eigenvalue weighted by Gasteiger charge is -2.15. The third kappa shape index (κ3) is 3.51. The smallest absolute Gasteiger partial charge is 0.251 e. The highest BCUT2D eigenvalue weighted by Crippen LogP contribution is 2.38. The second kappa shape index (κ2) is 6.84. The lowest BCUT2D eigenvalue weighted by atomic mass is 10.1. The minimum atomic E-state index is -0.239. The van der Waals surface area contributed by atoms with Crippen LogP contribution in [0.3, 0.4) is 0 Å². The lowest BCUT2D eigenvalue weighted by molar-refractivity contribution is 0.0940. The second-order valence-electron chi connectivity index (χ2n) is 4.02. The fourth-order valence-electron chi connectivity index (χ4n) is 1.58. The highest BCUT2D eigenvalue weighted by molar-refractivity contribution is 5.95. The van der Waals surface area contributed by atoms with Crippen molar-refractivity contribution in [3.05, 3.63) is 17.7 Å². The average molecular weight is 268 g/mol. The highest BCUT2D eigenvalue weighted by Gasteiger charge is 2.17. The van der Waals surface area contributed by atoms with Crippen LogP contribution in [0, 0.1) is 0 Å². The summed E-state index contributed by atoms with van der Waals surface area (Å²) in [7, 11) is 4.51. The number of amides is 1. The minimum Gasteiger partial charge on any atom is -0.493 e. The lowest BCUT2D eigenvalue weighted by Crippen LogP contribution is -2.37. The van der Waals surface area contributed by atoms with Gasteiger partial charge in [0.2, 0.25) is 5.75 Å². The molecule has 0 heterocycles. The number of benzene rings is 1. The molecule has 1 rings (SSSR count). The van der Waals surface area contributed by atoms with Crippen molar-refractivity contribution in [1.29, 1.82) is 0 Å². The van der Waals surface area contributed by atoms with Crippen molar-refractivity contribution in [3.8, 4) is 17.2 Å². The SMILES string of the molecule is COc1cc(C(=O)N[C@@H](C)CN)cc(OC)c1OC. The van der Waals surface area contributed by atoms with Crippen molar-refractivity contribution in [2.45, 2.75) is 13.0 Å². The van der Waals surface area contributed by atoms with Crippen LogP contribution in [0.2, 0.25) is 0 Å². The van der Waals surface area contributed by atoms with Gasteiger partial charge in [-0.15, -0.1) is 0 Å². The molecule has 19 heavy (non-hydrogen) atoms. The van der Waals surface area contributed by atoms with E-state index in [2.05, 4.69) is 5.32 Å². The number of nitrogens with two attached hydrogens (primary N) is 1. The second-order valence-corrected chi connectivity index (χ2v) is 4.02. The Balaban J connectivity index is 3.12. The Morgan fingerprint density at radius 1 is 1.21 bits per heavy atom. The maximum Gasteiger partial charge on any atom is 0.251 e. The molecule has 3 N–H and O–H groups in total. The van der Waals surface area contributed by atoms with Gasteiger partial charge in [-0.25, -0.2) is 0 Å². The minimum absolute atomic E-state index is 0.105. The summed E-state index contributed by atoms with van der Waals surface area (Å²) >= 11 is 0. The maximum absolute atomic E-state index is 12.0. The third-order valence-electron chi connectivity index (χ3n) is 2.66. The Hall–Kier alpha value is -1.95. The molecule has 0 bridgehead atoms. The molecule has 6 nitrogen and oxygen atoms in total. The van der Waals surface area contributed by atoms with Gasteiger partial charge in [0.25, 0.3) is 5.91 Å². The molecule has 1 aromatic carbocycles. The Morgan fingerprint density at radius 3 is 2.11 bits per heavy atom. The van der Waals surface area contributed by atoms with E-state index in [9.17, 15) is 4.79 Å². The van der Waals surface area contributed by atoms with Crippen molar-refractivity contribution in [2.75, 3.05) is 27.9 Å². The molecule has 0 saturated heterocycles. The number of nitrogens with one attached hydrogen (secondary N) is 1. The van der Waals surface area contributed by atoms with Crippen LogP contribution < -0.4 is 25.3 Å². The summed E-state index contributed by atoms with van der Waals surface area (Å²) < 4.78 is 15.6. The summed E-state index contributed by atoms with van der Waals surface area (Å²) in [5.74, 6) is 1.09. The summed E-state index contributed by atoms with van der Waals surface area (Å²) in [6.45, 7) is 2.20. The summed E-state index contributed by atoms with van der Waals surface area (Å²) in [6.07, 6.45) is 0. The molecule has 0 saturated carbocycles. The van der Waals surface area contributed by atoms with Crippen LogP contribution in [0.1, 0.15) is 17.3 Å². The topological polar surface area (TPSA) is 82.8 Å². The van der Waals surface area contributed by atoms with E-state index in [1.807, 2.05) is 6.92 Å². The Kier molecular flexibility index (Phi) is 5.44. The molecular formula is C13H20N2O4. The van der Waals surface area contributed by atoms with E-state index >= 15 is 0 Å². The first kappa shape index (κ1) is 15.1. The fraction of sp³-hybridized carbons (Fsp3) is 0.462. The van der Waals surface area contributed by atoms with Gasteiger partial charge in [-0.2, -0.15) is 0 Å². The fourth-order valence-corrected chi connectivity index (χ4v) is 1.58. The molecule has 1 atom stereocenters. The van der Waals surface area contributed by atoms with Gasteiger partial charge in [-0.3, -0.25) is 4.79 Å². The van der Waals surface area contributed by atoms with Crippen molar-refractivity contribution in [1.82, 2.24) is 5.32 Å². The van der Waals surface area contributed by atoms with E-state index < -0.39 is 0 Å². The average Bonchev–Trinajstić information content (AvgIpc) is 2.44. The van der Waals surface area contributed by atoms with Crippen molar-refractivity contribution in [3.63, 3.8) is 0 Å². The largest absolute Gasteiger partial charge is 0.493 e. The van der Waals surface area contributed by atoms with Crippen LogP contribution in [-0.2, 0) is 0 Å². The van der Waals surface area contributed by atoms with Crippen LogP contribution >= 0.6 is 0 Å². The van der Waals surface area contributed by atoms with Crippen LogP contribution in [0.5, 0.6) is 17.2 Å². The van der Waals surface area contributed by atoms with E-state index in [0.29, 0.717) is 29.4 Å². The predicted octanol–water partition coefficient (Wildman–Crippen LogP) is 0.789. The first-order valence-corrected chi connectivity index (χ1v) is 5.88. The number of hydrogen-bond acceptors (Lipinski definition) is 5. The van der Waals surface area contributed by atoms with Crippen molar-refractivity contribution >= 4 is 5.91 Å². The molecule has 6 heteroatoms. The quantitative estimate of drug-likeness (QED) is 0.797.